The highest BCUT2D eigenvalue weighted by atomic mass is 14.0. The first-order valence-corrected chi connectivity index (χ1v) is 15.9. The number of hydrogen-bond donors (Lipinski definition) is 0. The highest BCUT2D eigenvalue weighted by Crippen LogP contribution is 2.15. The van der Waals surface area contributed by atoms with Gasteiger partial charge in [-0.2, -0.15) is 0 Å². The number of rotatable bonds is 20. The Bertz CT molecular complexity index is 967. The smallest absolute Gasteiger partial charge is 0.0283 e. The highest BCUT2D eigenvalue weighted by Gasteiger charge is 1.95. The summed E-state index contributed by atoms with van der Waals surface area (Å²) >= 11 is 0. The molecule has 0 heterocycles. The van der Waals surface area contributed by atoms with E-state index in [0.717, 1.165) is 44.9 Å². The van der Waals surface area contributed by atoms with Crippen molar-refractivity contribution in [2.45, 2.75) is 146 Å². The van der Waals surface area contributed by atoms with Gasteiger partial charge in [-0.25, -0.2) is 0 Å². The van der Waals surface area contributed by atoms with Crippen molar-refractivity contribution in [2.75, 3.05) is 0 Å². The van der Waals surface area contributed by atoms with E-state index in [1.807, 2.05) is 0 Å². The maximum atomic E-state index is 2.43. The Hall–Kier alpha value is -2.34. The third kappa shape index (κ3) is 25.9. The summed E-state index contributed by atoms with van der Waals surface area (Å²) in [6.45, 7) is 22.3. The Morgan fingerprint density at radius 3 is 0.975 bits per heavy atom. The van der Waals surface area contributed by atoms with Crippen LogP contribution < -0.4 is 0 Å². The fourth-order valence-electron chi connectivity index (χ4n) is 4.34. The van der Waals surface area contributed by atoms with Crippen LogP contribution in [0.15, 0.2) is 105 Å². The average Bonchev–Trinajstić information content (AvgIpc) is 2.87. The molecule has 0 amide bonds. The van der Waals surface area contributed by atoms with Crippen LogP contribution in [0.3, 0.4) is 0 Å². The van der Waals surface area contributed by atoms with Gasteiger partial charge in [0.15, 0.2) is 0 Å². The summed E-state index contributed by atoms with van der Waals surface area (Å²) in [4.78, 5) is 0. The van der Waals surface area contributed by atoms with Crippen molar-refractivity contribution >= 4 is 0 Å². The minimum absolute atomic E-state index is 1.14. The molecule has 0 rings (SSSR count). The van der Waals surface area contributed by atoms with Crippen LogP contribution in [0.2, 0.25) is 0 Å². The van der Waals surface area contributed by atoms with E-state index >= 15 is 0 Å². The van der Waals surface area contributed by atoms with Gasteiger partial charge in [0.2, 0.25) is 0 Å². The fourth-order valence-corrected chi connectivity index (χ4v) is 4.34. The molecule has 0 aliphatic heterocycles. The predicted molar refractivity (Wildman–Crippen MR) is 186 cm³/mol. The first-order valence-electron chi connectivity index (χ1n) is 15.9. The Morgan fingerprint density at radius 1 is 0.300 bits per heavy atom. The van der Waals surface area contributed by atoms with Crippen molar-refractivity contribution in [2.24, 2.45) is 0 Å². The molecule has 0 atom stereocenters. The summed E-state index contributed by atoms with van der Waals surface area (Å²) in [7, 11) is 0. The summed E-state index contributed by atoms with van der Waals surface area (Å²) in [6.07, 6.45) is 37.2. The minimum atomic E-state index is 1.14. The zero-order valence-corrected chi connectivity index (χ0v) is 28.3. The molecule has 0 radical (unpaired) electrons. The van der Waals surface area contributed by atoms with Gasteiger partial charge in [0, 0.05) is 0 Å². The van der Waals surface area contributed by atoms with Gasteiger partial charge in [-0.3, -0.25) is 0 Å². The van der Waals surface area contributed by atoms with Crippen LogP contribution in [0.1, 0.15) is 146 Å². The van der Waals surface area contributed by atoms with Gasteiger partial charge in [-0.05, 0) is 146 Å². The van der Waals surface area contributed by atoms with E-state index in [0.29, 0.717) is 0 Å². The maximum absolute atomic E-state index is 2.43. The molecule has 0 bridgehead atoms. The third-order valence-corrected chi connectivity index (χ3v) is 7.18. The van der Waals surface area contributed by atoms with E-state index in [1.165, 1.54) is 76.7 Å². The van der Waals surface area contributed by atoms with Gasteiger partial charge in [0.1, 0.15) is 0 Å². The van der Waals surface area contributed by atoms with Crippen molar-refractivity contribution in [3.05, 3.63) is 105 Å². The molecule has 0 aliphatic carbocycles. The van der Waals surface area contributed by atoms with Gasteiger partial charge in [-0.1, -0.05) is 105 Å². The van der Waals surface area contributed by atoms with Gasteiger partial charge in [0.25, 0.3) is 0 Å². The first kappa shape index (κ1) is 37.7. The molecule has 0 nitrogen and oxygen atoms in total. The zero-order valence-electron chi connectivity index (χ0n) is 28.3. The summed E-state index contributed by atoms with van der Waals surface area (Å²) < 4.78 is 0. The quantitative estimate of drug-likeness (QED) is 0.0812. The van der Waals surface area contributed by atoms with Crippen LogP contribution in [0.4, 0.5) is 0 Å². The number of unbranched alkanes of at least 4 members (excludes halogenated alkanes) is 1. The van der Waals surface area contributed by atoms with Crippen LogP contribution in [-0.2, 0) is 0 Å². The summed E-state index contributed by atoms with van der Waals surface area (Å²) in [5.41, 5.74) is 11.8. The molecule has 40 heavy (non-hydrogen) atoms. The standard InChI is InChI=1S/C40H64/c1-33(2)19-15-25-35(5)21-11-13-23-39(9)31-32-40(10)24-14-12-22-36(6)27-17-29-38(8)30-18-28-37(7)26-16-20-34(3)4/h12,14,19-24,28-29H,11,13,15-18,25-27,30-32H2,1-10H3. The lowest BCUT2D eigenvalue weighted by molar-refractivity contribution is 0.897. The summed E-state index contributed by atoms with van der Waals surface area (Å²) in [6, 6.07) is 0. The van der Waals surface area contributed by atoms with Crippen LogP contribution in [-0.4, -0.2) is 0 Å². The SMILES string of the molecule is CC(C)=CCCC(C)=CCCC=C(C)CCC(C)=CC=CC=C(C)CCC=C(C)CCC=C(C)CCC=C(C)C. The Labute approximate surface area is 251 Å². The molecule has 0 aliphatic rings. The second kappa shape index (κ2) is 24.5. The maximum Gasteiger partial charge on any atom is -0.0283 e. The first-order chi connectivity index (χ1) is 19.0. The van der Waals surface area contributed by atoms with Crippen molar-refractivity contribution in [1.82, 2.24) is 0 Å². The molecule has 0 saturated carbocycles. The van der Waals surface area contributed by atoms with Gasteiger partial charge >= 0.3 is 0 Å². The molecule has 224 valence electrons. The molecule has 0 aromatic carbocycles. The third-order valence-electron chi connectivity index (χ3n) is 7.18. The van der Waals surface area contributed by atoms with E-state index in [9.17, 15) is 0 Å². The van der Waals surface area contributed by atoms with Gasteiger partial charge in [0.05, 0.1) is 0 Å². The van der Waals surface area contributed by atoms with Crippen LogP contribution in [0.25, 0.3) is 0 Å². The van der Waals surface area contributed by atoms with Crippen molar-refractivity contribution in [3.8, 4) is 0 Å². The Kier molecular flexibility index (Phi) is 23.0. The van der Waals surface area contributed by atoms with Gasteiger partial charge in [-0.15, -0.1) is 0 Å². The molecule has 0 spiro atoms. The molecule has 0 saturated heterocycles. The molecule has 0 aromatic heterocycles. The van der Waals surface area contributed by atoms with Gasteiger partial charge < -0.3 is 0 Å². The van der Waals surface area contributed by atoms with Crippen LogP contribution in [0, 0.1) is 0 Å². The Morgan fingerprint density at radius 2 is 0.575 bits per heavy atom. The minimum Gasteiger partial charge on any atom is -0.0856 e. The van der Waals surface area contributed by atoms with E-state index in [2.05, 4.69) is 130 Å². The molecular weight excluding hydrogens is 480 g/mol. The lowest BCUT2D eigenvalue weighted by Crippen LogP contribution is -1.82. The topological polar surface area (TPSA) is 0 Å². The predicted octanol–water partition coefficient (Wildman–Crippen LogP) is 13.8. The summed E-state index contributed by atoms with van der Waals surface area (Å²) in [5, 5.41) is 0. The Balaban J connectivity index is 4.28. The summed E-state index contributed by atoms with van der Waals surface area (Å²) in [5.74, 6) is 0. The molecule has 0 unspecified atom stereocenters. The van der Waals surface area contributed by atoms with E-state index in [1.54, 1.807) is 0 Å². The molecular formula is C40H64. The molecule has 0 aromatic rings. The van der Waals surface area contributed by atoms with Crippen molar-refractivity contribution in [1.29, 1.82) is 0 Å². The average molecular weight is 545 g/mol. The second-order valence-electron chi connectivity index (χ2n) is 12.4. The van der Waals surface area contributed by atoms with Crippen LogP contribution >= 0.6 is 0 Å². The van der Waals surface area contributed by atoms with Crippen molar-refractivity contribution in [3.63, 3.8) is 0 Å². The lowest BCUT2D eigenvalue weighted by atomic mass is 10.0. The molecule has 0 heteroatoms. The fraction of sp³-hybridized carbons (Fsp3) is 0.550. The van der Waals surface area contributed by atoms with E-state index in [4.69, 9.17) is 0 Å². The normalized spacial score (nSPS) is 14.2. The lowest BCUT2D eigenvalue weighted by Gasteiger charge is -2.03. The van der Waals surface area contributed by atoms with Crippen molar-refractivity contribution < 1.29 is 0 Å². The number of hydrogen-bond acceptors (Lipinski definition) is 0. The van der Waals surface area contributed by atoms with E-state index < -0.39 is 0 Å². The molecule has 0 fully saturated rings. The van der Waals surface area contributed by atoms with E-state index in [-0.39, 0.29) is 0 Å². The largest absolute Gasteiger partial charge is 0.0856 e. The monoisotopic (exact) mass is 545 g/mol. The number of allylic oxidation sites excluding steroid dienone is 18. The zero-order chi connectivity index (χ0) is 30.2. The molecule has 0 N–H and O–H groups in total. The second-order valence-corrected chi connectivity index (χ2v) is 12.4. The highest BCUT2D eigenvalue weighted by molar-refractivity contribution is 5.19. The van der Waals surface area contributed by atoms with Crippen LogP contribution in [0.5, 0.6) is 0 Å².